The molecule has 1 aromatic rings. The highest BCUT2D eigenvalue weighted by atomic mass is 19.4. The molecule has 2 rings (SSSR count). The molecule has 1 aromatic carbocycles. The van der Waals surface area contributed by atoms with Gasteiger partial charge in [0.2, 0.25) is 5.90 Å². The van der Waals surface area contributed by atoms with Gasteiger partial charge in [-0.1, -0.05) is 29.9 Å². The van der Waals surface area contributed by atoms with E-state index in [4.69, 9.17) is 15.3 Å². The lowest BCUT2D eigenvalue weighted by atomic mass is 10.1. The molecule has 10 heteroatoms. The van der Waals surface area contributed by atoms with Crippen molar-refractivity contribution in [2.45, 2.75) is 18.9 Å². The summed E-state index contributed by atoms with van der Waals surface area (Å²) in [6.45, 7) is 3.54. The van der Waals surface area contributed by atoms with Gasteiger partial charge in [0.1, 0.15) is 17.2 Å². The van der Waals surface area contributed by atoms with E-state index in [1.807, 2.05) is 0 Å². The molecule has 0 spiro atoms. The maximum absolute atomic E-state index is 12.2. The average molecular weight is 398 g/mol. The number of benzene rings is 1. The van der Waals surface area contributed by atoms with E-state index < -0.39 is 18.4 Å². The van der Waals surface area contributed by atoms with Crippen molar-refractivity contribution in [1.82, 2.24) is 0 Å². The van der Waals surface area contributed by atoms with Gasteiger partial charge >= 0.3 is 12.3 Å². The Morgan fingerprint density at radius 1 is 1.36 bits per heavy atom. The third-order valence-electron chi connectivity index (χ3n) is 3.36. The van der Waals surface area contributed by atoms with Crippen molar-refractivity contribution in [2.75, 3.05) is 7.11 Å². The maximum atomic E-state index is 12.2. The standard InChI is InChI=1S/C18H17F3N2O5/c1-3-4-13(9-14(22)17(24)25-2)26-16-10-15(28-23-16)11-5-7-12(8-6-11)27-18(19,20)21/h3-9,15H,1,10,22H2,2H3/b13-4+,14-9-/t15-/m1/s1. The number of rotatable bonds is 6. The second-order valence-corrected chi connectivity index (χ2v) is 5.40. The molecule has 0 bridgehead atoms. The fourth-order valence-electron chi connectivity index (χ4n) is 2.17. The van der Waals surface area contributed by atoms with Gasteiger partial charge in [0, 0.05) is 6.08 Å². The topological polar surface area (TPSA) is 92.4 Å². The second kappa shape index (κ2) is 8.98. The van der Waals surface area contributed by atoms with Crippen LogP contribution in [0.3, 0.4) is 0 Å². The van der Waals surface area contributed by atoms with Gasteiger partial charge in [-0.15, -0.1) is 13.2 Å². The molecule has 150 valence electrons. The predicted octanol–water partition coefficient (Wildman–Crippen LogP) is 3.46. The van der Waals surface area contributed by atoms with E-state index in [0.717, 1.165) is 0 Å². The number of esters is 1. The van der Waals surface area contributed by atoms with E-state index in [1.165, 1.54) is 49.6 Å². The van der Waals surface area contributed by atoms with E-state index in [2.05, 4.69) is 21.2 Å². The summed E-state index contributed by atoms with van der Waals surface area (Å²) in [5.74, 6) is -0.717. The highest BCUT2D eigenvalue weighted by molar-refractivity contribution is 5.88. The van der Waals surface area contributed by atoms with Crippen molar-refractivity contribution in [1.29, 1.82) is 0 Å². The molecule has 1 heterocycles. The summed E-state index contributed by atoms with van der Waals surface area (Å²) in [5, 5.41) is 3.79. The molecule has 1 aliphatic heterocycles. The van der Waals surface area contributed by atoms with Crippen LogP contribution in [0.2, 0.25) is 0 Å². The van der Waals surface area contributed by atoms with Gasteiger partial charge in [-0.3, -0.25) is 0 Å². The van der Waals surface area contributed by atoms with Gasteiger partial charge in [-0.2, -0.15) is 0 Å². The molecular weight excluding hydrogens is 381 g/mol. The van der Waals surface area contributed by atoms with E-state index in [9.17, 15) is 18.0 Å². The van der Waals surface area contributed by atoms with Crippen LogP contribution < -0.4 is 10.5 Å². The van der Waals surface area contributed by atoms with Gasteiger partial charge in [0.15, 0.2) is 6.10 Å². The Labute approximate surface area is 158 Å². The van der Waals surface area contributed by atoms with Crippen molar-refractivity contribution in [3.63, 3.8) is 0 Å². The molecule has 0 aromatic heterocycles. The van der Waals surface area contributed by atoms with Crippen molar-refractivity contribution in [3.05, 3.63) is 66.1 Å². The summed E-state index contributed by atoms with van der Waals surface area (Å²) in [7, 11) is 1.19. The van der Waals surface area contributed by atoms with Crippen LogP contribution in [-0.4, -0.2) is 25.3 Å². The summed E-state index contributed by atoms with van der Waals surface area (Å²) < 4.78 is 50.5. The number of oxime groups is 1. The highest BCUT2D eigenvalue weighted by Crippen LogP contribution is 2.31. The quantitative estimate of drug-likeness (QED) is 0.341. The minimum absolute atomic E-state index is 0.176. The number of nitrogens with two attached hydrogens (primary N) is 1. The third-order valence-corrected chi connectivity index (χ3v) is 3.36. The molecule has 0 aliphatic carbocycles. The molecule has 0 fully saturated rings. The highest BCUT2D eigenvalue weighted by Gasteiger charge is 2.31. The van der Waals surface area contributed by atoms with Crippen molar-refractivity contribution in [3.8, 4) is 5.75 Å². The van der Waals surface area contributed by atoms with Crippen LogP contribution in [0.5, 0.6) is 5.75 Å². The lowest BCUT2D eigenvalue weighted by Crippen LogP contribution is -2.17. The molecule has 28 heavy (non-hydrogen) atoms. The van der Waals surface area contributed by atoms with Gasteiger partial charge in [-0.05, 0) is 23.8 Å². The first kappa shape index (κ1) is 20.9. The van der Waals surface area contributed by atoms with E-state index in [1.54, 1.807) is 0 Å². The number of carbonyl (C=O) groups is 1. The van der Waals surface area contributed by atoms with E-state index >= 15 is 0 Å². The molecule has 7 nitrogen and oxygen atoms in total. The lowest BCUT2D eigenvalue weighted by molar-refractivity contribution is -0.274. The van der Waals surface area contributed by atoms with Gasteiger partial charge in [0.05, 0.1) is 13.5 Å². The molecule has 1 atom stereocenters. The minimum atomic E-state index is -4.76. The van der Waals surface area contributed by atoms with Crippen molar-refractivity contribution in [2.24, 2.45) is 10.9 Å². The number of hydrogen-bond donors (Lipinski definition) is 1. The fraction of sp³-hybridized carbons (Fsp3) is 0.222. The van der Waals surface area contributed by atoms with Crippen LogP contribution >= 0.6 is 0 Å². The Kier molecular flexibility index (Phi) is 6.69. The Morgan fingerprint density at radius 3 is 2.61 bits per heavy atom. The molecule has 0 saturated carbocycles. The minimum Gasteiger partial charge on any atom is -0.464 e. The van der Waals surface area contributed by atoms with Crippen LogP contribution in [0.15, 0.2) is 65.7 Å². The number of methoxy groups -OCH3 is 1. The van der Waals surface area contributed by atoms with Crippen molar-refractivity contribution < 1.29 is 37.0 Å². The summed E-state index contributed by atoms with van der Waals surface area (Å²) >= 11 is 0. The number of alkyl halides is 3. The van der Waals surface area contributed by atoms with Crippen LogP contribution in [-0.2, 0) is 19.1 Å². The monoisotopic (exact) mass is 398 g/mol. The first-order valence-corrected chi connectivity index (χ1v) is 7.86. The third kappa shape index (κ3) is 6.08. The molecule has 0 saturated heterocycles. The summed E-state index contributed by atoms with van der Waals surface area (Å²) in [5.41, 5.74) is 5.97. The SMILES string of the molecule is C=C/C=C(\C=C(/N)C(=O)OC)OC1=NO[C@@H](c2ccc(OC(F)(F)F)cc2)C1. The average Bonchev–Trinajstić information content (AvgIpc) is 3.08. The van der Waals surface area contributed by atoms with Gasteiger partial charge in [-0.25, -0.2) is 4.79 Å². The zero-order chi connectivity index (χ0) is 20.7. The largest absolute Gasteiger partial charge is 0.573 e. The zero-order valence-corrected chi connectivity index (χ0v) is 14.7. The van der Waals surface area contributed by atoms with Gasteiger partial charge < -0.3 is 24.8 Å². The first-order valence-electron chi connectivity index (χ1n) is 7.86. The molecule has 0 amide bonds. The number of allylic oxidation sites excluding steroid dienone is 3. The zero-order valence-electron chi connectivity index (χ0n) is 14.7. The first-order chi connectivity index (χ1) is 13.2. The lowest BCUT2D eigenvalue weighted by Gasteiger charge is -2.11. The van der Waals surface area contributed by atoms with E-state index in [-0.39, 0.29) is 29.5 Å². The summed E-state index contributed by atoms with van der Waals surface area (Å²) in [6, 6.07) is 5.21. The van der Waals surface area contributed by atoms with Crippen LogP contribution in [0.4, 0.5) is 13.2 Å². The molecule has 0 radical (unpaired) electrons. The normalized spacial score (nSPS) is 17.4. The smallest absolute Gasteiger partial charge is 0.464 e. The Hall–Kier alpha value is -3.43. The summed E-state index contributed by atoms with van der Waals surface area (Å²) in [4.78, 5) is 16.6. The number of carbonyl (C=O) groups excluding carboxylic acids is 1. The number of hydrogen-bond acceptors (Lipinski definition) is 7. The molecule has 1 aliphatic rings. The predicted molar refractivity (Wildman–Crippen MR) is 92.7 cm³/mol. The Bertz CT molecular complexity index is 814. The van der Waals surface area contributed by atoms with Gasteiger partial charge in [0.25, 0.3) is 0 Å². The number of nitrogens with zero attached hydrogens (tertiary/aromatic N) is 1. The molecular formula is C18H17F3N2O5. The maximum Gasteiger partial charge on any atom is 0.573 e. The van der Waals surface area contributed by atoms with Crippen LogP contribution in [0, 0.1) is 0 Å². The van der Waals surface area contributed by atoms with Crippen LogP contribution in [0.1, 0.15) is 18.1 Å². The number of halogens is 3. The van der Waals surface area contributed by atoms with Crippen LogP contribution in [0.25, 0.3) is 0 Å². The van der Waals surface area contributed by atoms with E-state index in [0.29, 0.717) is 5.56 Å². The fourth-order valence-corrected chi connectivity index (χ4v) is 2.17. The Morgan fingerprint density at radius 2 is 2.04 bits per heavy atom. The second-order valence-electron chi connectivity index (χ2n) is 5.40. The van der Waals surface area contributed by atoms with Crippen molar-refractivity contribution >= 4 is 11.9 Å². The summed E-state index contributed by atoms with van der Waals surface area (Å²) in [6.07, 6.45) is -0.990. The molecule has 2 N–H and O–H groups in total. The Balaban J connectivity index is 2.01. The number of ether oxygens (including phenoxy) is 3. The molecule has 0 unspecified atom stereocenters.